The number of halogens is 2. The predicted octanol–water partition coefficient (Wildman–Crippen LogP) is 4.21. The summed E-state index contributed by atoms with van der Waals surface area (Å²) in [6.45, 7) is 9.39. The third-order valence-corrected chi connectivity index (χ3v) is 3.84. The second-order valence-electron chi connectivity index (χ2n) is 4.87. The molecule has 20 heavy (non-hydrogen) atoms. The zero-order valence-electron chi connectivity index (χ0n) is 12.8. The van der Waals surface area contributed by atoms with Gasteiger partial charge < -0.3 is 10.1 Å². The smallest absolute Gasteiger partial charge is 0.159 e. The van der Waals surface area contributed by atoms with E-state index >= 15 is 0 Å². The molecule has 0 aromatic heterocycles. The van der Waals surface area contributed by atoms with Gasteiger partial charge in [-0.3, -0.25) is 0 Å². The average molecular weight is 285 g/mol. The van der Waals surface area contributed by atoms with Crippen molar-refractivity contribution in [3.05, 3.63) is 35.4 Å². The van der Waals surface area contributed by atoms with Crippen LogP contribution in [0.25, 0.3) is 0 Å². The quantitative estimate of drug-likeness (QED) is 0.772. The van der Waals surface area contributed by atoms with E-state index in [1.54, 1.807) is 6.07 Å². The van der Waals surface area contributed by atoms with E-state index in [0.29, 0.717) is 6.61 Å². The van der Waals surface area contributed by atoms with Crippen molar-refractivity contribution in [3.8, 4) is 0 Å². The molecule has 0 saturated carbocycles. The molecule has 1 rings (SSSR count). The minimum atomic E-state index is -0.820. The second kappa shape index (κ2) is 7.70. The predicted molar refractivity (Wildman–Crippen MR) is 77.7 cm³/mol. The van der Waals surface area contributed by atoms with Gasteiger partial charge in [-0.2, -0.15) is 0 Å². The first-order valence-corrected chi connectivity index (χ1v) is 7.36. The van der Waals surface area contributed by atoms with Gasteiger partial charge in [0.2, 0.25) is 0 Å². The molecule has 1 aromatic rings. The minimum Gasteiger partial charge on any atom is -0.373 e. The molecule has 0 bridgehead atoms. The van der Waals surface area contributed by atoms with Crippen LogP contribution in [0, 0.1) is 11.6 Å². The molecule has 0 aliphatic rings. The largest absolute Gasteiger partial charge is 0.373 e. The van der Waals surface area contributed by atoms with Gasteiger partial charge in [-0.05, 0) is 44.0 Å². The zero-order valence-corrected chi connectivity index (χ0v) is 12.8. The van der Waals surface area contributed by atoms with Crippen molar-refractivity contribution < 1.29 is 13.5 Å². The topological polar surface area (TPSA) is 21.3 Å². The number of nitrogens with one attached hydrogen (secondary N) is 1. The minimum absolute atomic E-state index is 0.155. The summed E-state index contributed by atoms with van der Waals surface area (Å²) in [6.07, 6.45) is 1.60. The normalized spacial score (nSPS) is 13.5. The van der Waals surface area contributed by atoms with Gasteiger partial charge in [-0.1, -0.05) is 26.8 Å². The fourth-order valence-corrected chi connectivity index (χ4v) is 2.74. The lowest BCUT2D eigenvalue weighted by Crippen LogP contribution is -2.45. The molecule has 0 aliphatic heterocycles. The number of likely N-dealkylation sites (N-methyl/N-ethyl adjacent to an activating group) is 1. The summed E-state index contributed by atoms with van der Waals surface area (Å²) in [5, 5.41) is 3.36. The first kappa shape index (κ1) is 17.1. The third-order valence-electron chi connectivity index (χ3n) is 3.84. The summed E-state index contributed by atoms with van der Waals surface area (Å²) in [4.78, 5) is 0. The number of ether oxygens (including phenoxy) is 1. The molecule has 1 aromatic carbocycles. The number of benzene rings is 1. The van der Waals surface area contributed by atoms with Crippen molar-refractivity contribution in [1.82, 2.24) is 5.32 Å². The molecular weight excluding hydrogens is 260 g/mol. The molecule has 2 nitrogen and oxygen atoms in total. The van der Waals surface area contributed by atoms with Crippen LogP contribution in [0.15, 0.2) is 18.2 Å². The maximum Gasteiger partial charge on any atom is 0.159 e. The molecule has 1 atom stereocenters. The highest BCUT2D eigenvalue weighted by molar-refractivity contribution is 5.24. The zero-order chi connectivity index (χ0) is 15.2. The fraction of sp³-hybridized carbons (Fsp3) is 0.625. The summed E-state index contributed by atoms with van der Waals surface area (Å²) in [5.41, 5.74) is 0.317. The molecule has 0 spiro atoms. The van der Waals surface area contributed by atoms with E-state index < -0.39 is 17.2 Å². The first-order chi connectivity index (χ1) is 9.54. The molecular formula is C16H25F2NO. The average Bonchev–Trinajstić information content (AvgIpc) is 2.46. The molecule has 0 fully saturated rings. The van der Waals surface area contributed by atoms with E-state index in [0.717, 1.165) is 24.9 Å². The van der Waals surface area contributed by atoms with Crippen molar-refractivity contribution >= 4 is 0 Å². The van der Waals surface area contributed by atoms with E-state index in [2.05, 4.69) is 19.2 Å². The summed E-state index contributed by atoms with van der Waals surface area (Å²) in [6, 6.07) is 3.92. The van der Waals surface area contributed by atoms with E-state index in [4.69, 9.17) is 4.74 Å². The van der Waals surface area contributed by atoms with Crippen molar-refractivity contribution in [3.63, 3.8) is 0 Å². The molecule has 1 N–H and O–H groups in total. The summed E-state index contributed by atoms with van der Waals surface area (Å²) in [7, 11) is 0. The van der Waals surface area contributed by atoms with Crippen LogP contribution in [0.5, 0.6) is 0 Å². The Labute approximate surface area is 120 Å². The lowest BCUT2D eigenvalue weighted by Gasteiger charge is -2.40. The van der Waals surface area contributed by atoms with Gasteiger partial charge in [-0.25, -0.2) is 8.78 Å². The van der Waals surface area contributed by atoms with Crippen molar-refractivity contribution in [1.29, 1.82) is 0 Å². The first-order valence-electron chi connectivity index (χ1n) is 7.36. The standard InChI is InChI=1S/C16H25F2NO/c1-5-16(6-2,20-8-4)15(19-7-3)12-9-10-13(17)14(18)11-12/h9-11,15,19H,5-8H2,1-4H3. The number of hydrogen-bond donors (Lipinski definition) is 1. The van der Waals surface area contributed by atoms with Crippen LogP contribution in [0.4, 0.5) is 8.78 Å². The van der Waals surface area contributed by atoms with Crippen LogP contribution in [0.3, 0.4) is 0 Å². The second-order valence-corrected chi connectivity index (χ2v) is 4.87. The van der Waals surface area contributed by atoms with Crippen LogP contribution in [-0.2, 0) is 4.74 Å². The van der Waals surface area contributed by atoms with Gasteiger partial charge in [0, 0.05) is 6.61 Å². The van der Waals surface area contributed by atoms with Crippen LogP contribution < -0.4 is 5.32 Å². The summed E-state index contributed by atoms with van der Waals surface area (Å²) in [5.74, 6) is -1.64. The Balaban J connectivity index is 3.22. The Kier molecular flexibility index (Phi) is 6.56. The van der Waals surface area contributed by atoms with Crippen LogP contribution in [-0.4, -0.2) is 18.8 Å². The van der Waals surface area contributed by atoms with Crippen molar-refractivity contribution in [2.24, 2.45) is 0 Å². The van der Waals surface area contributed by atoms with E-state index in [9.17, 15) is 8.78 Å². The van der Waals surface area contributed by atoms with Gasteiger partial charge in [-0.15, -0.1) is 0 Å². The van der Waals surface area contributed by atoms with Crippen LogP contribution in [0.2, 0.25) is 0 Å². The fourth-order valence-electron chi connectivity index (χ4n) is 2.74. The maximum absolute atomic E-state index is 13.5. The van der Waals surface area contributed by atoms with Gasteiger partial charge in [0.15, 0.2) is 11.6 Å². The highest BCUT2D eigenvalue weighted by atomic mass is 19.2. The van der Waals surface area contributed by atoms with Crippen molar-refractivity contribution in [2.75, 3.05) is 13.2 Å². The van der Waals surface area contributed by atoms with E-state index in [1.165, 1.54) is 12.1 Å². The molecule has 0 radical (unpaired) electrons. The lowest BCUT2D eigenvalue weighted by atomic mass is 9.83. The molecule has 0 amide bonds. The summed E-state index contributed by atoms with van der Waals surface area (Å²) >= 11 is 0. The molecule has 0 heterocycles. The Morgan fingerprint density at radius 2 is 1.75 bits per heavy atom. The van der Waals surface area contributed by atoms with Crippen LogP contribution in [0.1, 0.15) is 52.1 Å². The van der Waals surface area contributed by atoms with Gasteiger partial charge in [0.25, 0.3) is 0 Å². The van der Waals surface area contributed by atoms with Gasteiger partial charge in [0.05, 0.1) is 11.6 Å². The van der Waals surface area contributed by atoms with Gasteiger partial charge in [0.1, 0.15) is 0 Å². The highest BCUT2D eigenvalue weighted by Gasteiger charge is 2.37. The molecule has 0 aliphatic carbocycles. The van der Waals surface area contributed by atoms with Crippen molar-refractivity contribution in [2.45, 2.75) is 52.2 Å². The molecule has 0 saturated heterocycles. The van der Waals surface area contributed by atoms with E-state index in [1.807, 2.05) is 13.8 Å². The number of hydrogen-bond acceptors (Lipinski definition) is 2. The van der Waals surface area contributed by atoms with Gasteiger partial charge >= 0.3 is 0 Å². The Bertz CT molecular complexity index is 419. The Morgan fingerprint density at radius 3 is 2.20 bits per heavy atom. The molecule has 1 unspecified atom stereocenters. The third kappa shape index (κ3) is 3.55. The maximum atomic E-state index is 13.5. The highest BCUT2D eigenvalue weighted by Crippen LogP contribution is 2.35. The lowest BCUT2D eigenvalue weighted by molar-refractivity contribution is -0.0730. The SMILES string of the molecule is CCNC(c1ccc(F)c(F)c1)C(CC)(CC)OCC. The monoisotopic (exact) mass is 285 g/mol. The van der Waals surface area contributed by atoms with Crippen LogP contribution >= 0.6 is 0 Å². The molecule has 4 heteroatoms. The summed E-state index contributed by atoms with van der Waals surface area (Å²) < 4.78 is 32.6. The number of rotatable bonds is 8. The van der Waals surface area contributed by atoms with E-state index in [-0.39, 0.29) is 6.04 Å². The molecule has 114 valence electrons. The Hall–Kier alpha value is -1.00. The Morgan fingerprint density at radius 1 is 1.10 bits per heavy atom.